The van der Waals surface area contributed by atoms with Crippen LogP contribution in [0.3, 0.4) is 0 Å². The highest BCUT2D eigenvalue weighted by Crippen LogP contribution is 2.24. The maximum absolute atomic E-state index is 13.4. The van der Waals surface area contributed by atoms with E-state index in [4.69, 9.17) is 0 Å². The van der Waals surface area contributed by atoms with Crippen LogP contribution in [0.15, 0.2) is 88.7 Å². The van der Waals surface area contributed by atoms with E-state index in [9.17, 15) is 21.6 Å². The molecule has 186 valence electrons. The Morgan fingerprint density at radius 2 is 1.29 bits per heavy atom. The van der Waals surface area contributed by atoms with Gasteiger partial charge in [0.15, 0.2) is 0 Å². The number of hydrogen-bond acceptors (Lipinski definition) is 5. The second-order valence-corrected chi connectivity index (χ2v) is 11.6. The highest BCUT2D eigenvalue weighted by Gasteiger charge is 2.27. The number of hydrogen-bond donors (Lipinski definition) is 1. The molecule has 0 aromatic heterocycles. The smallest absolute Gasteiger partial charge is 0.264 e. The summed E-state index contributed by atoms with van der Waals surface area (Å²) < 4.78 is 54.4. The van der Waals surface area contributed by atoms with Gasteiger partial charge in [-0.15, -0.1) is 0 Å². The molecule has 10 heteroatoms. The van der Waals surface area contributed by atoms with Crippen LogP contribution in [-0.2, 0) is 24.8 Å². The van der Waals surface area contributed by atoms with Crippen LogP contribution in [-0.4, -0.2) is 46.7 Å². The van der Waals surface area contributed by atoms with Crippen molar-refractivity contribution in [3.63, 3.8) is 0 Å². The van der Waals surface area contributed by atoms with Crippen molar-refractivity contribution in [3.8, 4) is 0 Å². The third-order valence-electron chi connectivity index (χ3n) is 5.42. The number of nitrogens with one attached hydrogen (secondary N) is 1. The molecule has 0 atom stereocenters. The van der Waals surface area contributed by atoms with Crippen LogP contribution in [0, 0.1) is 6.92 Å². The zero-order valence-electron chi connectivity index (χ0n) is 19.9. The molecule has 1 amide bonds. The molecule has 0 aliphatic heterocycles. The summed E-state index contributed by atoms with van der Waals surface area (Å²) in [5, 5.41) is 2.66. The molecule has 0 fully saturated rings. The summed E-state index contributed by atoms with van der Waals surface area (Å²) in [6.45, 7) is 5.65. The summed E-state index contributed by atoms with van der Waals surface area (Å²) in [6.07, 6.45) is 0. The van der Waals surface area contributed by atoms with Crippen molar-refractivity contribution in [3.05, 3.63) is 84.4 Å². The van der Waals surface area contributed by atoms with E-state index in [-0.39, 0.29) is 9.79 Å². The van der Waals surface area contributed by atoms with E-state index >= 15 is 0 Å². The number of rotatable bonds is 10. The van der Waals surface area contributed by atoms with Crippen LogP contribution in [0.5, 0.6) is 0 Å². The minimum Gasteiger partial charge on any atom is -0.325 e. The van der Waals surface area contributed by atoms with E-state index in [1.54, 1.807) is 56.3 Å². The molecule has 0 unspecified atom stereocenters. The number of carbonyl (C=O) groups excluding carboxylic acids is 1. The van der Waals surface area contributed by atoms with Crippen LogP contribution in [0.4, 0.5) is 11.4 Å². The lowest BCUT2D eigenvalue weighted by atomic mass is 10.2. The molecule has 3 aromatic carbocycles. The fraction of sp³-hybridized carbons (Fsp3) is 0.240. The summed E-state index contributed by atoms with van der Waals surface area (Å²) in [5.74, 6) is -0.565. The summed E-state index contributed by atoms with van der Waals surface area (Å²) in [5.41, 5.74) is 1.67. The number of carbonyl (C=O) groups is 1. The first-order valence-corrected chi connectivity index (χ1v) is 14.0. The van der Waals surface area contributed by atoms with Crippen molar-refractivity contribution in [1.29, 1.82) is 0 Å². The molecule has 0 saturated heterocycles. The summed E-state index contributed by atoms with van der Waals surface area (Å²) in [6, 6.07) is 20.6. The first-order chi connectivity index (χ1) is 16.6. The third kappa shape index (κ3) is 6.08. The highest BCUT2D eigenvalue weighted by atomic mass is 32.2. The quantitative estimate of drug-likeness (QED) is 0.442. The number of nitrogens with zero attached hydrogens (tertiary/aromatic N) is 2. The Bertz CT molecular complexity index is 1350. The summed E-state index contributed by atoms with van der Waals surface area (Å²) >= 11 is 0. The minimum atomic E-state index is -4.01. The molecular weight excluding hydrogens is 486 g/mol. The topological polar surface area (TPSA) is 104 Å². The maximum Gasteiger partial charge on any atom is 0.264 e. The summed E-state index contributed by atoms with van der Waals surface area (Å²) in [4.78, 5) is 13.1. The molecule has 3 rings (SSSR count). The average Bonchev–Trinajstić information content (AvgIpc) is 2.84. The Hall–Kier alpha value is -3.21. The maximum atomic E-state index is 13.4. The molecule has 8 nitrogen and oxygen atoms in total. The fourth-order valence-corrected chi connectivity index (χ4v) is 6.40. The zero-order chi connectivity index (χ0) is 25.6. The number of benzene rings is 3. The predicted molar refractivity (Wildman–Crippen MR) is 137 cm³/mol. The van der Waals surface area contributed by atoms with E-state index in [0.717, 1.165) is 9.87 Å². The number of amides is 1. The summed E-state index contributed by atoms with van der Waals surface area (Å²) in [7, 11) is -7.63. The lowest BCUT2D eigenvalue weighted by Gasteiger charge is -2.24. The SMILES string of the molecule is CCN(CC)S(=O)(=O)c1ccc(NC(=O)CN(c2ccc(C)cc2)S(=O)(=O)c2ccccc2)cc1. The average molecular weight is 516 g/mol. The van der Waals surface area contributed by atoms with Gasteiger partial charge < -0.3 is 5.32 Å². The monoisotopic (exact) mass is 515 g/mol. The van der Waals surface area contributed by atoms with Crippen LogP contribution in [0.2, 0.25) is 0 Å². The van der Waals surface area contributed by atoms with E-state index in [0.29, 0.717) is 24.5 Å². The van der Waals surface area contributed by atoms with Gasteiger partial charge in [-0.2, -0.15) is 4.31 Å². The molecule has 0 aliphatic rings. The van der Waals surface area contributed by atoms with Crippen molar-refractivity contribution in [2.75, 3.05) is 29.3 Å². The highest BCUT2D eigenvalue weighted by molar-refractivity contribution is 7.92. The molecule has 1 N–H and O–H groups in total. The Balaban J connectivity index is 1.84. The standard InChI is InChI=1S/C25H29N3O5S2/c1-4-27(5-2)34(30,31)24-17-13-21(14-18-24)26-25(29)19-28(22-15-11-20(3)12-16-22)35(32,33)23-9-7-6-8-10-23/h6-18H,4-5,19H2,1-3H3,(H,26,29). The Kier molecular flexibility index (Phi) is 8.31. The van der Waals surface area contributed by atoms with Gasteiger partial charge in [-0.1, -0.05) is 49.7 Å². The van der Waals surface area contributed by atoms with Crippen molar-refractivity contribution >= 4 is 37.3 Å². The largest absolute Gasteiger partial charge is 0.325 e. The minimum absolute atomic E-state index is 0.0688. The Labute approximate surface area is 207 Å². The van der Waals surface area contributed by atoms with Crippen molar-refractivity contribution in [2.45, 2.75) is 30.6 Å². The third-order valence-corrected chi connectivity index (χ3v) is 9.27. The van der Waals surface area contributed by atoms with Crippen LogP contribution < -0.4 is 9.62 Å². The zero-order valence-corrected chi connectivity index (χ0v) is 21.5. The van der Waals surface area contributed by atoms with E-state index in [1.165, 1.54) is 40.7 Å². The second kappa shape index (κ2) is 11.0. The van der Waals surface area contributed by atoms with Gasteiger partial charge in [0.25, 0.3) is 10.0 Å². The molecule has 0 saturated carbocycles. The predicted octanol–water partition coefficient (Wildman–Crippen LogP) is 3.86. The molecule has 0 bridgehead atoms. The number of anilines is 2. The number of aryl methyl sites for hydroxylation is 1. The van der Waals surface area contributed by atoms with Gasteiger partial charge in [-0.3, -0.25) is 9.10 Å². The lowest BCUT2D eigenvalue weighted by molar-refractivity contribution is -0.114. The Morgan fingerprint density at radius 1 is 0.743 bits per heavy atom. The molecule has 0 aliphatic carbocycles. The van der Waals surface area contributed by atoms with Gasteiger partial charge in [0.05, 0.1) is 15.5 Å². The van der Waals surface area contributed by atoms with E-state index < -0.39 is 32.5 Å². The van der Waals surface area contributed by atoms with Crippen LogP contribution in [0.25, 0.3) is 0 Å². The van der Waals surface area contributed by atoms with Crippen molar-refractivity contribution in [1.82, 2.24) is 4.31 Å². The molecule has 3 aromatic rings. The van der Waals surface area contributed by atoms with Crippen LogP contribution >= 0.6 is 0 Å². The van der Waals surface area contributed by atoms with Gasteiger partial charge >= 0.3 is 0 Å². The van der Waals surface area contributed by atoms with Crippen LogP contribution in [0.1, 0.15) is 19.4 Å². The van der Waals surface area contributed by atoms with Gasteiger partial charge in [-0.25, -0.2) is 16.8 Å². The first kappa shape index (κ1) is 26.4. The molecule has 0 heterocycles. The second-order valence-electron chi connectivity index (χ2n) is 7.82. The van der Waals surface area contributed by atoms with Crippen molar-refractivity contribution in [2.24, 2.45) is 0 Å². The molecular formula is C25H29N3O5S2. The van der Waals surface area contributed by atoms with E-state index in [1.807, 2.05) is 6.92 Å². The molecule has 35 heavy (non-hydrogen) atoms. The fourth-order valence-electron chi connectivity index (χ4n) is 3.50. The Morgan fingerprint density at radius 3 is 1.83 bits per heavy atom. The van der Waals surface area contributed by atoms with Crippen molar-refractivity contribution < 1.29 is 21.6 Å². The molecule has 0 radical (unpaired) electrons. The lowest BCUT2D eigenvalue weighted by Crippen LogP contribution is -2.38. The van der Waals surface area contributed by atoms with Gasteiger partial charge in [0.2, 0.25) is 15.9 Å². The molecule has 0 spiro atoms. The van der Waals surface area contributed by atoms with E-state index in [2.05, 4.69) is 5.32 Å². The first-order valence-electron chi connectivity index (χ1n) is 11.1. The van der Waals surface area contributed by atoms with Gasteiger partial charge in [0.1, 0.15) is 6.54 Å². The van der Waals surface area contributed by atoms with Gasteiger partial charge in [0, 0.05) is 18.8 Å². The normalized spacial score (nSPS) is 11.9. The number of sulfonamides is 2. The van der Waals surface area contributed by atoms with Gasteiger partial charge in [-0.05, 0) is 55.5 Å².